The smallest absolute Gasteiger partial charge is 0.282 e. The van der Waals surface area contributed by atoms with Gasteiger partial charge in [0, 0.05) is 39.5 Å². The first-order chi connectivity index (χ1) is 11.6. The number of hydrogen-bond donors (Lipinski definition) is 0. The molecule has 0 aliphatic carbocycles. The Kier molecular flexibility index (Phi) is 5.82. The molecule has 2 saturated heterocycles. The van der Waals surface area contributed by atoms with E-state index in [1.54, 1.807) is 6.92 Å². The number of hydrogen-bond acceptors (Lipinski definition) is 7. The van der Waals surface area contributed by atoms with E-state index in [0.29, 0.717) is 64.1 Å². The molecule has 0 saturated carbocycles. The van der Waals surface area contributed by atoms with Gasteiger partial charge in [0.15, 0.2) is 5.82 Å². The largest absolute Gasteiger partial charge is 0.379 e. The van der Waals surface area contributed by atoms with Crippen LogP contribution < -0.4 is 0 Å². The Bertz CT molecular complexity index is 629. The minimum atomic E-state index is -3.42. The van der Waals surface area contributed by atoms with Crippen LogP contribution in [0.15, 0.2) is 4.52 Å². The predicted molar refractivity (Wildman–Crippen MR) is 84.6 cm³/mol. The second-order valence-corrected chi connectivity index (χ2v) is 7.92. The zero-order chi connectivity index (χ0) is 17.0. The fourth-order valence-electron chi connectivity index (χ4n) is 2.95. The quantitative estimate of drug-likeness (QED) is 0.703. The molecule has 0 amide bonds. The molecule has 3 heterocycles. The van der Waals surface area contributed by atoms with Crippen LogP contribution in [0.3, 0.4) is 0 Å². The maximum atomic E-state index is 12.7. The summed E-state index contributed by atoms with van der Waals surface area (Å²) in [4.78, 5) is 4.13. The fraction of sp³-hybridized carbons (Fsp3) is 0.857. The van der Waals surface area contributed by atoms with Gasteiger partial charge in [0.2, 0.25) is 5.89 Å². The maximum absolute atomic E-state index is 12.7. The number of ether oxygens (including phenoxy) is 2. The summed E-state index contributed by atoms with van der Waals surface area (Å²) in [5.41, 5.74) is 0. The lowest BCUT2D eigenvalue weighted by Crippen LogP contribution is -2.52. The first-order valence-electron chi connectivity index (χ1n) is 8.29. The molecule has 1 aromatic rings. The van der Waals surface area contributed by atoms with Crippen molar-refractivity contribution in [3.63, 3.8) is 0 Å². The van der Waals surface area contributed by atoms with E-state index in [0.717, 1.165) is 12.8 Å². The van der Waals surface area contributed by atoms with Gasteiger partial charge in [0.05, 0.1) is 25.9 Å². The van der Waals surface area contributed by atoms with Crippen molar-refractivity contribution in [3.05, 3.63) is 11.7 Å². The van der Waals surface area contributed by atoms with Crippen molar-refractivity contribution in [2.24, 2.45) is 0 Å². The van der Waals surface area contributed by atoms with Gasteiger partial charge in [0.25, 0.3) is 10.2 Å². The third-order valence-corrected chi connectivity index (χ3v) is 6.21. The Balaban J connectivity index is 1.50. The Hall–Kier alpha value is -1.07. The molecule has 24 heavy (non-hydrogen) atoms. The molecule has 10 heteroatoms. The van der Waals surface area contributed by atoms with E-state index in [4.69, 9.17) is 14.0 Å². The lowest BCUT2D eigenvalue weighted by Gasteiger charge is -2.36. The molecule has 136 valence electrons. The summed E-state index contributed by atoms with van der Waals surface area (Å²) < 4.78 is 44.4. The molecule has 1 unspecified atom stereocenters. The molecule has 2 fully saturated rings. The van der Waals surface area contributed by atoms with E-state index >= 15 is 0 Å². The molecule has 0 spiro atoms. The van der Waals surface area contributed by atoms with E-state index in [9.17, 15) is 8.42 Å². The summed E-state index contributed by atoms with van der Waals surface area (Å²) in [6.45, 7) is 4.88. The molecule has 1 aromatic heterocycles. The predicted octanol–water partition coefficient (Wildman–Crippen LogP) is -0.0215. The second kappa shape index (κ2) is 7.87. The lowest BCUT2D eigenvalue weighted by atomic mass is 10.1. The van der Waals surface area contributed by atoms with Gasteiger partial charge in [-0.2, -0.15) is 22.0 Å². The minimum Gasteiger partial charge on any atom is -0.379 e. The van der Waals surface area contributed by atoms with Crippen molar-refractivity contribution in [3.8, 4) is 0 Å². The molecule has 9 nitrogen and oxygen atoms in total. The fourth-order valence-corrected chi connectivity index (χ4v) is 4.60. The third kappa shape index (κ3) is 4.31. The number of nitrogens with zero attached hydrogens (tertiary/aromatic N) is 4. The molecule has 3 rings (SSSR count). The Morgan fingerprint density at radius 3 is 2.75 bits per heavy atom. The van der Waals surface area contributed by atoms with E-state index in [1.807, 2.05) is 0 Å². The average molecular weight is 360 g/mol. The van der Waals surface area contributed by atoms with Crippen molar-refractivity contribution in [1.82, 2.24) is 18.8 Å². The number of piperidine rings is 1. The highest BCUT2D eigenvalue weighted by molar-refractivity contribution is 7.86. The number of rotatable bonds is 6. The number of morpholine rings is 1. The first-order valence-corrected chi connectivity index (χ1v) is 9.69. The van der Waals surface area contributed by atoms with Crippen LogP contribution in [0.5, 0.6) is 0 Å². The lowest BCUT2D eigenvalue weighted by molar-refractivity contribution is 0.0166. The third-order valence-electron chi connectivity index (χ3n) is 4.21. The standard InChI is InChI=1S/C14H24N4O5S/c1-12-15-14(16-23-12)4-8-22-13-3-2-5-18(11-13)24(19,20)17-6-9-21-10-7-17/h13H,2-11H2,1H3. The topological polar surface area (TPSA) is 98.0 Å². The summed E-state index contributed by atoms with van der Waals surface area (Å²) in [6.07, 6.45) is 2.13. The van der Waals surface area contributed by atoms with Gasteiger partial charge in [-0.05, 0) is 12.8 Å². The van der Waals surface area contributed by atoms with Crippen molar-refractivity contribution in [1.29, 1.82) is 0 Å². The highest BCUT2D eigenvalue weighted by Gasteiger charge is 2.34. The maximum Gasteiger partial charge on any atom is 0.282 e. The van der Waals surface area contributed by atoms with E-state index in [-0.39, 0.29) is 6.10 Å². The number of aryl methyl sites for hydroxylation is 1. The molecule has 1 atom stereocenters. The molecule has 0 bridgehead atoms. The van der Waals surface area contributed by atoms with Crippen LogP contribution in [0.1, 0.15) is 24.6 Å². The van der Waals surface area contributed by atoms with Crippen LogP contribution >= 0.6 is 0 Å². The highest BCUT2D eigenvalue weighted by Crippen LogP contribution is 2.20. The monoisotopic (exact) mass is 360 g/mol. The molecular weight excluding hydrogens is 336 g/mol. The van der Waals surface area contributed by atoms with Gasteiger partial charge in [-0.3, -0.25) is 0 Å². The molecule has 0 aromatic carbocycles. The Morgan fingerprint density at radius 2 is 2.04 bits per heavy atom. The van der Waals surface area contributed by atoms with Gasteiger partial charge in [-0.25, -0.2) is 0 Å². The van der Waals surface area contributed by atoms with Crippen LogP contribution in [0.25, 0.3) is 0 Å². The van der Waals surface area contributed by atoms with Crippen LogP contribution in [-0.4, -0.2) is 79.3 Å². The summed E-state index contributed by atoms with van der Waals surface area (Å²) >= 11 is 0. The van der Waals surface area contributed by atoms with Crippen LogP contribution in [0, 0.1) is 6.92 Å². The summed E-state index contributed by atoms with van der Waals surface area (Å²) in [7, 11) is -3.42. The van der Waals surface area contributed by atoms with Crippen LogP contribution in [0.2, 0.25) is 0 Å². The SMILES string of the molecule is Cc1nc(CCOC2CCCN(S(=O)(=O)N3CCOCC3)C2)no1. The number of aromatic nitrogens is 2. The zero-order valence-electron chi connectivity index (χ0n) is 13.9. The summed E-state index contributed by atoms with van der Waals surface area (Å²) in [5, 5.41) is 3.82. The molecule has 0 radical (unpaired) electrons. The van der Waals surface area contributed by atoms with Crippen molar-refractivity contribution in [2.45, 2.75) is 32.3 Å². The van der Waals surface area contributed by atoms with Crippen molar-refractivity contribution < 1.29 is 22.4 Å². The molecule has 2 aliphatic rings. The summed E-state index contributed by atoms with van der Waals surface area (Å²) in [6, 6.07) is 0. The van der Waals surface area contributed by atoms with Crippen LogP contribution in [-0.2, 0) is 26.1 Å². The highest BCUT2D eigenvalue weighted by atomic mass is 32.2. The van der Waals surface area contributed by atoms with Gasteiger partial charge in [0.1, 0.15) is 0 Å². The van der Waals surface area contributed by atoms with Gasteiger partial charge in [-0.15, -0.1) is 0 Å². The van der Waals surface area contributed by atoms with Gasteiger partial charge in [-0.1, -0.05) is 5.16 Å². The summed E-state index contributed by atoms with van der Waals surface area (Å²) in [5.74, 6) is 1.14. The first kappa shape index (κ1) is 17.7. The normalized spacial score (nSPS) is 24.3. The Labute approximate surface area is 142 Å². The Morgan fingerprint density at radius 1 is 1.25 bits per heavy atom. The van der Waals surface area contributed by atoms with Crippen molar-refractivity contribution in [2.75, 3.05) is 46.0 Å². The van der Waals surface area contributed by atoms with Gasteiger partial charge >= 0.3 is 0 Å². The minimum absolute atomic E-state index is 0.0948. The average Bonchev–Trinajstić information content (AvgIpc) is 3.01. The van der Waals surface area contributed by atoms with Crippen molar-refractivity contribution >= 4 is 10.2 Å². The van der Waals surface area contributed by atoms with Gasteiger partial charge < -0.3 is 14.0 Å². The van der Waals surface area contributed by atoms with E-state index in [1.165, 1.54) is 8.61 Å². The van der Waals surface area contributed by atoms with E-state index < -0.39 is 10.2 Å². The van der Waals surface area contributed by atoms with E-state index in [2.05, 4.69) is 10.1 Å². The molecule has 2 aliphatic heterocycles. The molecule has 0 N–H and O–H groups in total. The molecular formula is C14H24N4O5S. The second-order valence-electron chi connectivity index (χ2n) is 5.99. The zero-order valence-corrected chi connectivity index (χ0v) is 14.7. The van der Waals surface area contributed by atoms with Crippen LogP contribution in [0.4, 0.5) is 0 Å².